The molecule has 0 radical (unpaired) electrons. The van der Waals surface area contributed by atoms with Crippen molar-refractivity contribution in [3.05, 3.63) is 30.3 Å². The Morgan fingerprint density at radius 2 is 1.25 bits per heavy atom. The highest BCUT2D eigenvalue weighted by atomic mass is 28.4. The molecule has 1 rings (SSSR count). The fourth-order valence-electron chi connectivity index (χ4n) is 1.98. The van der Waals surface area contributed by atoms with E-state index in [4.69, 9.17) is 0 Å². The molecule has 2 nitrogen and oxygen atoms in total. The SMILES string of the molecule is C[Si](C)(C)N(Nc1ccccc1)[Si](C)(C)C. The van der Waals surface area contributed by atoms with E-state index in [1.807, 2.05) is 0 Å². The summed E-state index contributed by atoms with van der Waals surface area (Å²) in [6.45, 7) is 14.3. The summed E-state index contributed by atoms with van der Waals surface area (Å²) in [5.74, 6) is 0. The van der Waals surface area contributed by atoms with Crippen LogP contribution in [0, 0.1) is 0 Å². The molecule has 1 aromatic rings. The summed E-state index contributed by atoms with van der Waals surface area (Å²) < 4.78 is 2.56. The van der Waals surface area contributed by atoms with Gasteiger partial charge in [-0.15, -0.1) is 0 Å². The van der Waals surface area contributed by atoms with Gasteiger partial charge in [0, 0.05) is 5.69 Å². The van der Waals surface area contributed by atoms with E-state index in [9.17, 15) is 0 Å². The number of hydrazine groups is 1. The summed E-state index contributed by atoms with van der Waals surface area (Å²) >= 11 is 0. The second-order valence-electron chi connectivity index (χ2n) is 6.15. The first-order valence-electron chi connectivity index (χ1n) is 5.83. The van der Waals surface area contributed by atoms with Gasteiger partial charge in [-0.1, -0.05) is 57.5 Å². The van der Waals surface area contributed by atoms with Gasteiger partial charge in [0.25, 0.3) is 0 Å². The van der Waals surface area contributed by atoms with E-state index in [1.54, 1.807) is 0 Å². The van der Waals surface area contributed by atoms with Crippen LogP contribution in [-0.2, 0) is 0 Å². The zero-order valence-electron chi connectivity index (χ0n) is 11.3. The molecule has 0 aliphatic heterocycles. The van der Waals surface area contributed by atoms with Gasteiger partial charge in [0.05, 0.1) is 0 Å². The molecule has 0 saturated heterocycles. The molecule has 4 heteroatoms. The third-order valence-electron chi connectivity index (χ3n) is 2.36. The minimum absolute atomic E-state index is 1.20. The molecular formula is C12H24N2Si2. The van der Waals surface area contributed by atoms with Crippen LogP contribution in [0.5, 0.6) is 0 Å². The van der Waals surface area contributed by atoms with Crippen molar-refractivity contribution in [1.82, 2.24) is 4.34 Å². The van der Waals surface area contributed by atoms with Crippen molar-refractivity contribution in [2.24, 2.45) is 0 Å². The molecule has 0 aliphatic rings. The Hall–Kier alpha value is -0.586. The summed E-state index contributed by atoms with van der Waals surface area (Å²) in [6, 6.07) is 10.5. The van der Waals surface area contributed by atoms with Crippen molar-refractivity contribution < 1.29 is 0 Å². The lowest BCUT2D eigenvalue weighted by Crippen LogP contribution is -2.61. The lowest BCUT2D eigenvalue weighted by molar-refractivity contribution is 0.739. The van der Waals surface area contributed by atoms with Crippen LogP contribution >= 0.6 is 0 Å². The van der Waals surface area contributed by atoms with Crippen LogP contribution in [0.3, 0.4) is 0 Å². The molecule has 0 saturated carbocycles. The van der Waals surface area contributed by atoms with E-state index in [0.29, 0.717) is 0 Å². The van der Waals surface area contributed by atoms with Crippen LogP contribution in [-0.4, -0.2) is 20.8 Å². The first kappa shape index (κ1) is 13.5. The third kappa shape index (κ3) is 3.77. The van der Waals surface area contributed by atoms with Gasteiger partial charge in [0.15, 0.2) is 0 Å². The monoisotopic (exact) mass is 252 g/mol. The average Bonchev–Trinajstić information content (AvgIpc) is 2.12. The Morgan fingerprint density at radius 3 is 1.62 bits per heavy atom. The molecule has 0 spiro atoms. The van der Waals surface area contributed by atoms with Crippen LogP contribution in [0.15, 0.2) is 30.3 Å². The van der Waals surface area contributed by atoms with E-state index in [2.05, 4.69) is 79.4 Å². The normalized spacial score (nSPS) is 12.9. The van der Waals surface area contributed by atoms with Crippen molar-refractivity contribution in [1.29, 1.82) is 0 Å². The minimum Gasteiger partial charge on any atom is -0.331 e. The first-order valence-corrected chi connectivity index (χ1v) is 12.7. The maximum Gasteiger partial charge on any atom is 0.133 e. The van der Waals surface area contributed by atoms with Crippen molar-refractivity contribution >= 4 is 22.2 Å². The number of para-hydroxylation sites is 1. The average molecular weight is 253 g/mol. The highest BCUT2D eigenvalue weighted by Crippen LogP contribution is 2.21. The quantitative estimate of drug-likeness (QED) is 0.644. The molecule has 0 atom stereocenters. The van der Waals surface area contributed by atoms with Crippen molar-refractivity contribution in [2.75, 3.05) is 5.43 Å². The maximum absolute atomic E-state index is 3.62. The van der Waals surface area contributed by atoms with E-state index >= 15 is 0 Å². The van der Waals surface area contributed by atoms with Crippen LogP contribution < -0.4 is 5.43 Å². The first-order chi connectivity index (χ1) is 7.21. The minimum atomic E-state index is -1.32. The van der Waals surface area contributed by atoms with Crippen LogP contribution in [0.1, 0.15) is 0 Å². The summed E-state index contributed by atoms with van der Waals surface area (Å²) in [6.07, 6.45) is 0. The number of hydrogen-bond donors (Lipinski definition) is 1. The van der Waals surface area contributed by atoms with Gasteiger partial charge >= 0.3 is 0 Å². The van der Waals surface area contributed by atoms with E-state index < -0.39 is 16.5 Å². The van der Waals surface area contributed by atoms with E-state index in [0.717, 1.165) is 0 Å². The van der Waals surface area contributed by atoms with Gasteiger partial charge in [0.2, 0.25) is 0 Å². The smallest absolute Gasteiger partial charge is 0.133 e. The Kier molecular flexibility index (Phi) is 3.99. The molecule has 0 aromatic heterocycles. The number of anilines is 1. The van der Waals surface area contributed by atoms with Crippen LogP contribution in [0.25, 0.3) is 0 Å². The molecule has 16 heavy (non-hydrogen) atoms. The Labute approximate surface area is 102 Å². The predicted octanol–water partition coefficient (Wildman–Crippen LogP) is 3.99. The molecule has 0 unspecified atom stereocenters. The Bertz CT molecular complexity index is 311. The number of hydrogen-bond acceptors (Lipinski definition) is 2. The summed E-state index contributed by atoms with van der Waals surface area (Å²) in [5, 5.41) is 0. The van der Waals surface area contributed by atoms with Gasteiger partial charge in [-0.3, -0.25) is 4.34 Å². The van der Waals surface area contributed by atoms with Gasteiger partial charge in [0.1, 0.15) is 16.5 Å². The molecule has 0 heterocycles. The molecule has 1 aromatic carbocycles. The molecular weight excluding hydrogens is 228 g/mol. The Balaban J connectivity index is 2.89. The zero-order chi connectivity index (χ0) is 12.4. The maximum atomic E-state index is 3.62. The molecule has 0 bridgehead atoms. The predicted molar refractivity (Wildman–Crippen MR) is 78.6 cm³/mol. The number of nitrogens with zero attached hydrogens (tertiary/aromatic N) is 1. The standard InChI is InChI=1S/C12H24N2Si2/c1-15(2,3)14(16(4,5)6)13-12-10-8-7-9-11-12/h7-11,13H,1-6H3. The topological polar surface area (TPSA) is 15.3 Å². The van der Waals surface area contributed by atoms with Crippen LogP contribution in [0.4, 0.5) is 5.69 Å². The van der Waals surface area contributed by atoms with Crippen LogP contribution in [0.2, 0.25) is 39.3 Å². The zero-order valence-corrected chi connectivity index (χ0v) is 13.3. The number of nitrogens with one attached hydrogen (secondary N) is 1. The van der Waals surface area contributed by atoms with Crippen molar-refractivity contribution in [2.45, 2.75) is 39.3 Å². The van der Waals surface area contributed by atoms with E-state index in [-0.39, 0.29) is 0 Å². The Morgan fingerprint density at radius 1 is 0.812 bits per heavy atom. The van der Waals surface area contributed by atoms with Gasteiger partial charge < -0.3 is 5.43 Å². The summed E-state index contributed by atoms with van der Waals surface area (Å²) in [7, 11) is -2.64. The fourth-order valence-corrected chi connectivity index (χ4v) is 11.0. The molecule has 0 fully saturated rings. The van der Waals surface area contributed by atoms with Gasteiger partial charge in [-0.05, 0) is 12.1 Å². The second kappa shape index (κ2) is 4.73. The third-order valence-corrected chi connectivity index (χ3v) is 9.29. The molecule has 0 amide bonds. The number of benzene rings is 1. The van der Waals surface area contributed by atoms with Crippen molar-refractivity contribution in [3.8, 4) is 0 Å². The van der Waals surface area contributed by atoms with E-state index in [1.165, 1.54) is 5.69 Å². The highest BCUT2D eigenvalue weighted by molar-refractivity contribution is 6.89. The second-order valence-corrected chi connectivity index (χ2v) is 16.2. The summed E-state index contributed by atoms with van der Waals surface area (Å²) in [4.78, 5) is 0. The molecule has 0 aliphatic carbocycles. The molecule has 1 N–H and O–H groups in total. The van der Waals surface area contributed by atoms with Gasteiger partial charge in [-0.2, -0.15) is 0 Å². The highest BCUT2D eigenvalue weighted by Gasteiger charge is 2.34. The lowest BCUT2D eigenvalue weighted by Gasteiger charge is -2.43. The van der Waals surface area contributed by atoms with Crippen molar-refractivity contribution in [3.63, 3.8) is 0 Å². The molecule has 90 valence electrons. The largest absolute Gasteiger partial charge is 0.331 e. The fraction of sp³-hybridized carbons (Fsp3) is 0.500. The lowest BCUT2D eigenvalue weighted by atomic mass is 10.3. The summed E-state index contributed by atoms with van der Waals surface area (Å²) in [5.41, 5.74) is 4.82. The number of rotatable bonds is 4. The van der Waals surface area contributed by atoms with Gasteiger partial charge in [-0.25, -0.2) is 0 Å².